The van der Waals surface area contributed by atoms with Crippen LogP contribution in [0.4, 0.5) is 0 Å². The number of rotatable bonds is 2. The third-order valence-electron chi connectivity index (χ3n) is 3.54. The lowest BCUT2D eigenvalue weighted by Crippen LogP contribution is -2.41. The number of hydrogen-bond acceptors (Lipinski definition) is 3. The first kappa shape index (κ1) is 13.4. The van der Waals surface area contributed by atoms with Crippen molar-refractivity contribution in [3.8, 4) is 0 Å². The molecule has 3 rings (SSSR count). The van der Waals surface area contributed by atoms with Crippen LogP contribution < -0.4 is 5.32 Å². The fourth-order valence-electron chi connectivity index (χ4n) is 2.52. The second kappa shape index (κ2) is 5.05. The molecule has 0 radical (unpaired) electrons. The summed E-state index contributed by atoms with van der Waals surface area (Å²) in [4.78, 5) is 16.7. The molecule has 1 atom stereocenters. The van der Waals surface area contributed by atoms with Crippen molar-refractivity contribution in [1.82, 2.24) is 25.1 Å². The molecule has 0 saturated heterocycles. The van der Waals surface area contributed by atoms with Gasteiger partial charge in [-0.05, 0) is 36.2 Å². The molecular formula is C13H16BrN5O. The Labute approximate surface area is 125 Å². The quantitative estimate of drug-likeness (QED) is 0.876. The molecule has 106 valence electrons. The molecule has 0 unspecified atom stereocenters. The molecular weight excluding hydrogens is 322 g/mol. The lowest BCUT2D eigenvalue weighted by molar-refractivity contribution is 0.0921. The standard InChI is InChI=1S/C13H16BrN5O/c1-7-5-19-6-9(3-4-10(19)15-7)16-13(20)12-11(14)8(2)17-18-12/h5,9H,3-4,6H2,1-2H3,(H,16,20)(H,17,18)/t9-/m1/s1. The summed E-state index contributed by atoms with van der Waals surface area (Å²) in [7, 11) is 0. The number of hydrogen-bond donors (Lipinski definition) is 2. The Bertz CT molecular complexity index is 660. The molecule has 0 bridgehead atoms. The zero-order chi connectivity index (χ0) is 14.3. The lowest BCUT2D eigenvalue weighted by atomic mass is 10.1. The largest absolute Gasteiger partial charge is 0.346 e. The van der Waals surface area contributed by atoms with Gasteiger partial charge in [0.1, 0.15) is 5.82 Å². The number of carbonyl (C=O) groups is 1. The van der Waals surface area contributed by atoms with Gasteiger partial charge in [-0.1, -0.05) is 0 Å². The van der Waals surface area contributed by atoms with E-state index in [1.54, 1.807) is 0 Å². The molecule has 3 heterocycles. The number of carbonyl (C=O) groups excluding carboxylic acids is 1. The molecule has 7 heteroatoms. The highest BCUT2D eigenvalue weighted by Gasteiger charge is 2.23. The van der Waals surface area contributed by atoms with Gasteiger partial charge in [0.2, 0.25) is 0 Å². The average Bonchev–Trinajstić information content (AvgIpc) is 2.92. The Hall–Kier alpha value is -1.63. The van der Waals surface area contributed by atoms with Crippen LogP contribution >= 0.6 is 15.9 Å². The maximum absolute atomic E-state index is 12.2. The second-order valence-electron chi connectivity index (χ2n) is 5.17. The number of H-pyrrole nitrogens is 1. The third kappa shape index (κ3) is 2.37. The summed E-state index contributed by atoms with van der Waals surface area (Å²) in [6.45, 7) is 4.63. The van der Waals surface area contributed by atoms with Crippen molar-refractivity contribution < 1.29 is 4.79 Å². The minimum atomic E-state index is -0.147. The van der Waals surface area contributed by atoms with Gasteiger partial charge in [-0.3, -0.25) is 9.89 Å². The second-order valence-corrected chi connectivity index (χ2v) is 5.96. The first-order chi connectivity index (χ1) is 9.54. The van der Waals surface area contributed by atoms with Gasteiger partial charge in [0.05, 0.1) is 10.2 Å². The maximum atomic E-state index is 12.2. The normalized spacial score (nSPS) is 17.9. The molecule has 0 spiro atoms. The third-order valence-corrected chi connectivity index (χ3v) is 4.51. The molecule has 1 aliphatic heterocycles. The van der Waals surface area contributed by atoms with Gasteiger partial charge < -0.3 is 9.88 Å². The monoisotopic (exact) mass is 337 g/mol. The zero-order valence-electron chi connectivity index (χ0n) is 11.4. The Balaban J connectivity index is 1.70. The van der Waals surface area contributed by atoms with E-state index in [4.69, 9.17) is 0 Å². The molecule has 2 aromatic heterocycles. The van der Waals surface area contributed by atoms with Crippen molar-refractivity contribution >= 4 is 21.8 Å². The van der Waals surface area contributed by atoms with Crippen LogP contribution in [0.5, 0.6) is 0 Å². The summed E-state index contributed by atoms with van der Waals surface area (Å²) in [6.07, 6.45) is 3.82. The van der Waals surface area contributed by atoms with E-state index in [2.05, 4.69) is 41.0 Å². The van der Waals surface area contributed by atoms with Gasteiger partial charge >= 0.3 is 0 Å². The summed E-state index contributed by atoms with van der Waals surface area (Å²) in [5.74, 6) is 0.955. The fourth-order valence-corrected chi connectivity index (χ4v) is 2.88. The van der Waals surface area contributed by atoms with Crippen molar-refractivity contribution in [3.63, 3.8) is 0 Å². The number of amides is 1. The predicted octanol–water partition coefficient (Wildman–Crippen LogP) is 1.73. The van der Waals surface area contributed by atoms with Gasteiger partial charge in [-0.25, -0.2) is 4.98 Å². The van der Waals surface area contributed by atoms with Crippen LogP contribution in [0.1, 0.15) is 34.1 Å². The average molecular weight is 338 g/mol. The minimum absolute atomic E-state index is 0.118. The first-order valence-electron chi connectivity index (χ1n) is 6.58. The SMILES string of the molecule is Cc1cn2c(n1)CC[C@@H](NC(=O)c1n[nH]c(C)c1Br)C2. The van der Waals surface area contributed by atoms with E-state index < -0.39 is 0 Å². The zero-order valence-corrected chi connectivity index (χ0v) is 13.0. The number of nitrogens with one attached hydrogen (secondary N) is 2. The number of imidazole rings is 1. The predicted molar refractivity (Wildman–Crippen MR) is 77.6 cm³/mol. The van der Waals surface area contributed by atoms with Crippen molar-refractivity contribution in [2.24, 2.45) is 0 Å². The van der Waals surface area contributed by atoms with Crippen LogP contribution in [0.15, 0.2) is 10.7 Å². The summed E-state index contributed by atoms with van der Waals surface area (Å²) in [5, 5.41) is 9.87. The summed E-state index contributed by atoms with van der Waals surface area (Å²) in [5.41, 5.74) is 2.29. The molecule has 2 N–H and O–H groups in total. The lowest BCUT2D eigenvalue weighted by Gasteiger charge is -2.24. The van der Waals surface area contributed by atoms with E-state index in [1.807, 2.05) is 20.0 Å². The molecule has 0 fully saturated rings. The van der Waals surface area contributed by atoms with Crippen LogP contribution in [0, 0.1) is 13.8 Å². The molecule has 20 heavy (non-hydrogen) atoms. The van der Waals surface area contributed by atoms with Crippen LogP contribution in [-0.2, 0) is 13.0 Å². The van der Waals surface area contributed by atoms with E-state index >= 15 is 0 Å². The Morgan fingerprint density at radius 2 is 2.35 bits per heavy atom. The topological polar surface area (TPSA) is 75.6 Å². The van der Waals surface area contributed by atoms with Gasteiger partial charge in [0.25, 0.3) is 5.91 Å². The maximum Gasteiger partial charge on any atom is 0.273 e. The highest BCUT2D eigenvalue weighted by molar-refractivity contribution is 9.10. The van der Waals surface area contributed by atoms with Gasteiger partial charge in [-0.2, -0.15) is 5.10 Å². The smallest absolute Gasteiger partial charge is 0.273 e. The summed E-state index contributed by atoms with van der Waals surface area (Å²) in [6, 6.07) is 0.118. The molecule has 0 saturated carbocycles. The minimum Gasteiger partial charge on any atom is -0.346 e. The van der Waals surface area contributed by atoms with Crippen LogP contribution in [-0.4, -0.2) is 31.7 Å². The number of aryl methyl sites for hydroxylation is 3. The Kier molecular flexibility index (Phi) is 3.37. The van der Waals surface area contributed by atoms with Gasteiger partial charge in [0, 0.05) is 30.9 Å². The highest BCUT2D eigenvalue weighted by Crippen LogP contribution is 2.19. The molecule has 0 aliphatic carbocycles. The highest BCUT2D eigenvalue weighted by atomic mass is 79.9. The van der Waals surface area contributed by atoms with Crippen molar-refractivity contribution in [2.75, 3.05) is 0 Å². The molecule has 6 nitrogen and oxygen atoms in total. The first-order valence-corrected chi connectivity index (χ1v) is 7.38. The van der Waals surface area contributed by atoms with Crippen molar-refractivity contribution in [2.45, 2.75) is 39.3 Å². The number of halogens is 1. The van der Waals surface area contributed by atoms with E-state index in [1.165, 1.54) is 0 Å². The van der Waals surface area contributed by atoms with Crippen LogP contribution in [0.2, 0.25) is 0 Å². The number of nitrogens with zero attached hydrogens (tertiary/aromatic N) is 3. The summed E-state index contributed by atoms with van der Waals surface area (Å²) < 4.78 is 2.85. The fraction of sp³-hybridized carbons (Fsp3) is 0.462. The van der Waals surface area contributed by atoms with Crippen molar-refractivity contribution in [3.05, 3.63) is 33.6 Å². The molecule has 0 aromatic carbocycles. The van der Waals surface area contributed by atoms with E-state index in [9.17, 15) is 4.79 Å². The van der Waals surface area contributed by atoms with Crippen LogP contribution in [0.3, 0.4) is 0 Å². The number of aromatic nitrogens is 4. The molecule has 2 aromatic rings. The summed E-state index contributed by atoms with van der Waals surface area (Å²) >= 11 is 3.37. The van der Waals surface area contributed by atoms with E-state index in [0.717, 1.165) is 41.1 Å². The Morgan fingerprint density at radius 1 is 1.55 bits per heavy atom. The van der Waals surface area contributed by atoms with E-state index in [-0.39, 0.29) is 11.9 Å². The van der Waals surface area contributed by atoms with Gasteiger partial charge in [0.15, 0.2) is 5.69 Å². The molecule has 1 aliphatic rings. The molecule has 1 amide bonds. The number of aromatic amines is 1. The van der Waals surface area contributed by atoms with Crippen LogP contribution in [0.25, 0.3) is 0 Å². The van der Waals surface area contributed by atoms with Crippen molar-refractivity contribution in [1.29, 1.82) is 0 Å². The number of fused-ring (bicyclic) bond motifs is 1. The Morgan fingerprint density at radius 3 is 3.05 bits per heavy atom. The van der Waals surface area contributed by atoms with Gasteiger partial charge in [-0.15, -0.1) is 0 Å². The van der Waals surface area contributed by atoms with E-state index in [0.29, 0.717) is 5.69 Å².